The molecule has 1 unspecified atom stereocenters. The van der Waals surface area contributed by atoms with Crippen molar-refractivity contribution in [2.75, 3.05) is 12.8 Å². The third kappa shape index (κ3) is 2.10. The fourth-order valence-electron chi connectivity index (χ4n) is 1.92. The predicted octanol–water partition coefficient (Wildman–Crippen LogP) is 2.84. The highest BCUT2D eigenvalue weighted by Crippen LogP contribution is 2.51. The Labute approximate surface area is 101 Å². The fraction of sp³-hybridized carbons (Fsp3) is 0.364. The van der Waals surface area contributed by atoms with Crippen molar-refractivity contribution in [1.29, 1.82) is 0 Å². The van der Waals surface area contributed by atoms with E-state index in [4.69, 9.17) is 4.52 Å². The van der Waals surface area contributed by atoms with Crippen molar-refractivity contribution in [3.05, 3.63) is 29.3 Å². The smallest absolute Gasteiger partial charge is 0.325 e. The molecule has 98 valence electrons. The van der Waals surface area contributed by atoms with E-state index >= 15 is 0 Å². The van der Waals surface area contributed by atoms with Gasteiger partial charge in [-0.1, -0.05) is 0 Å². The number of Topliss-reactive ketones (excluding diaryl/α,β-unsaturated/α-hetero) is 1. The van der Waals surface area contributed by atoms with Crippen LogP contribution in [0, 0.1) is 0 Å². The molecular weight excluding hydrogens is 268 g/mol. The fourth-order valence-corrected chi connectivity index (χ4v) is 4.14. The topological polar surface area (TPSA) is 43.4 Å². The maximum atomic E-state index is 12.5. The van der Waals surface area contributed by atoms with Crippen LogP contribution in [0.15, 0.2) is 18.2 Å². The molecule has 1 atom stereocenters. The summed E-state index contributed by atoms with van der Waals surface area (Å²) >= 11 is 0. The first-order valence-corrected chi connectivity index (χ1v) is 7.07. The number of benzene rings is 1. The summed E-state index contributed by atoms with van der Waals surface area (Å²) in [5, 5.41) is 0.0994. The highest BCUT2D eigenvalue weighted by atomic mass is 31.2. The second-order valence-corrected chi connectivity index (χ2v) is 6.31. The highest BCUT2D eigenvalue weighted by molar-refractivity contribution is 7.69. The van der Waals surface area contributed by atoms with Crippen LogP contribution in [0.2, 0.25) is 0 Å². The second kappa shape index (κ2) is 4.21. The Bertz CT molecular complexity index is 551. The number of hydrogen-bond acceptors (Lipinski definition) is 3. The van der Waals surface area contributed by atoms with Gasteiger partial charge in [0.25, 0.3) is 0 Å². The van der Waals surface area contributed by atoms with E-state index in [9.17, 15) is 22.5 Å². The summed E-state index contributed by atoms with van der Waals surface area (Å²) in [4.78, 5) is 11.6. The Morgan fingerprint density at radius 2 is 2.06 bits per heavy atom. The van der Waals surface area contributed by atoms with Crippen molar-refractivity contribution in [1.82, 2.24) is 0 Å². The average molecular weight is 278 g/mol. The Morgan fingerprint density at radius 1 is 1.39 bits per heavy atom. The zero-order valence-corrected chi connectivity index (χ0v) is 10.3. The number of carbonyl (C=O) groups excluding carboxylic acids is 1. The van der Waals surface area contributed by atoms with Crippen LogP contribution < -0.4 is 5.30 Å². The predicted molar refractivity (Wildman–Crippen MR) is 59.5 cm³/mol. The van der Waals surface area contributed by atoms with E-state index in [-0.39, 0.29) is 23.6 Å². The molecule has 1 aromatic carbocycles. The molecule has 0 spiro atoms. The largest absolute Gasteiger partial charge is 0.416 e. The van der Waals surface area contributed by atoms with E-state index in [0.717, 1.165) is 18.2 Å². The molecule has 7 heteroatoms. The molecule has 2 rings (SSSR count). The van der Waals surface area contributed by atoms with Gasteiger partial charge in [-0.3, -0.25) is 9.36 Å². The number of carbonyl (C=O) groups is 1. The summed E-state index contributed by atoms with van der Waals surface area (Å²) in [6.07, 6.45) is -4.87. The molecule has 0 amide bonds. The maximum absolute atomic E-state index is 12.5. The summed E-state index contributed by atoms with van der Waals surface area (Å²) in [7, 11) is -3.31. The molecule has 0 saturated carbocycles. The lowest BCUT2D eigenvalue weighted by molar-refractivity contribution is -0.137. The van der Waals surface area contributed by atoms with E-state index in [1.54, 1.807) is 6.92 Å². The monoisotopic (exact) mass is 278 g/mol. The van der Waals surface area contributed by atoms with Crippen molar-refractivity contribution in [2.24, 2.45) is 0 Å². The molecule has 0 saturated heterocycles. The van der Waals surface area contributed by atoms with Crippen molar-refractivity contribution < 1.29 is 27.1 Å². The minimum atomic E-state index is -4.52. The van der Waals surface area contributed by atoms with Gasteiger partial charge in [-0.2, -0.15) is 13.2 Å². The van der Waals surface area contributed by atoms with Gasteiger partial charge in [0.2, 0.25) is 7.37 Å². The van der Waals surface area contributed by atoms with E-state index in [1.165, 1.54) is 0 Å². The third-order valence-corrected chi connectivity index (χ3v) is 5.18. The van der Waals surface area contributed by atoms with E-state index < -0.39 is 24.9 Å². The first kappa shape index (κ1) is 13.3. The van der Waals surface area contributed by atoms with E-state index in [1.807, 2.05) is 0 Å². The van der Waals surface area contributed by atoms with Gasteiger partial charge in [-0.15, -0.1) is 0 Å². The SMILES string of the molecule is CCOP1(=O)CC(=O)c2cc(C(F)(F)F)ccc21. The molecule has 0 fully saturated rings. The first-order valence-electron chi connectivity index (χ1n) is 5.26. The number of halogens is 3. The van der Waals surface area contributed by atoms with Crippen LogP contribution in [0.5, 0.6) is 0 Å². The van der Waals surface area contributed by atoms with Gasteiger partial charge < -0.3 is 4.52 Å². The van der Waals surface area contributed by atoms with Crippen molar-refractivity contribution in [3.63, 3.8) is 0 Å². The minimum Gasteiger partial charge on any atom is -0.325 e. The molecule has 1 aliphatic rings. The zero-order valence-electron chi connectivity index (χ0n) is 9.45. The summed E-state index contributed by atoms with van der Waals surface area (Å²) in [5.41, 5.74) is -1.05. The molecule has 1 aliphatic heterocycles. The van der Waals surface area contributed by atoms with Crippen LogP contribution in [0.4, 0.5) is 13.2 Å². The maximum Gasteiger partial charge on any atom is 0.416 e. The Balaban J connectivity index is 2.54. The lowest BCUT2D eigenvalue weighted by Crippen LogP contribution is -2.12. The van der Waals surface area contributed by atoms with Gasteiger partial charge in [0.15, 0.2) is 5.78 Å². The van der Waals surface area contributed by atoms with Crippen LogP contribution in [-0.4, -0.2) is 18.6 Å². The molecule has 3 nitrogen and oxygen atoms in total. The zero-order chi connectivity index (χ0) is 13.6. The molecule has 18 heavy (non-hydrogen) atoms. The molecule has 1 heterocycles. The molecule has 0 bridgehead atoms. The summed E-state index contributed by atoms with van der Waals surface area (Å²) < 4.78 is 54.9. The number of ketones is 1. The van der Waals surface area contributed by atoms with E-state index in [2.05, 4.69) is 0 Å². The van der Waals surface area contributed by atoms with Gasteiger partial charge in [0, 0.05) is 10.9 Å². The molecule has 0 radical (unpaired) electrons. The summed E-state index contributed by atoms with van der Waals surface area (Å²) in [6.45, 7) is 1.76. The standard InChI is InChI=1S/C11H10F3O3P/c1-2-17-18(16)6-9(15)8-5-7(11(12,13)14)3-4-10(8)18/h3-5H,2,6H2,1H3. The van der Waals surface area contributed by atoms with Crippen LogP contribution >= 0.6 is 7.37 Å². The summed E-state index contributed by atoms with van der Waals surface area (Å²) in [6, 6.07) is 2.65. The van der Waals surface area contributed by atoms with Crippen molar-refractivity contribution in [2.45, 2.75) is 13.1 Å². The van der Waals surface area contributed by atoms with Gasteiger partial charge in [-0.25, -0.2) is 0 Å². The molecule has 0 aromatic heterocycles. The highest BCUT2D eigenvalue weighted by Gasteiger charge is 2.42. The van der Waals surface area contributed by atoms with Crippen LogP contribution in [0.3, 0.4) is 0 Å². The lowest BCUT2D eigenvalue weighted by Gasteiger charge is -2.12. The van der Waals surface area contributed by atoms with Crippen molar-refractivity contribution >= 4 is 18.5 Å². The second-order valence-electron chi connectivity index (χ2n) is 3.90. The molecular formula is C11H10F3O3P. The van der Waals surface area contributed by atoms with Crippen LogP contribution in [0.1, 0.15) is 22.8 Å². The normalized spacial score (nSPS) is 23.2. The number of fused-ring (bicyclic) bond motifs is 1. The number of hydrogen-bond donors (Lipinski definition) is 0. The van der Waals surface area contributed by atoms with Crippen LogP contribution in [0.25, 0.3) is 0 Å². The Kier molecular flexibility index (Phi) is 3.11. The first-order chi connectivity index (χ1) is 8.28. The van der Waals surface area contributed by atoms with E-state index in [0.29, 0.717) is 0 Å². The van der Waals surface area contributed by atoms with Gasteiger partial charge in [0.05, 0.1) is 18.3 Å². The minimum absolute atomic E-state index is 0.0994. The molecule has 0 N–H and O–H groups in total. The van der Waals surface area contributed by atoms with Gasteiger partial charge in [-0.05, 0) is 25.1 Å². The van der Waals surface area contributed by atoms with Crippen LogP contribution in [-0.2, 0) is 15.3 Å². The van der Waals surface area contributed by atoms with Gasteiger partial charge in [0.1, 0.15) is 0 Å². The Morgan fingerprint density at radius 3 is 2.61 bits per heavy atom. The molecule has 0 aliphatic carbocycles. The number of rotatable bonds is 2. The summed E-state index contributed by atoms with van der Waals surface area (Å²) in [5.74, 6) is -0.562. The van der Waals surface area contributed by atoms with Gasteiger partial charge >= 0.3 is 6.18 Å². The Hall–Kier alpha value is -1.13. The lowest BCUT2D eigenvalue weighted by atomic mass is 10.1. The average Bonchev–Trinajstić information content (AvgIpc) is 2.50. The van der Waals surface area contributed by atoms with Crippen molar-refractivity contribution in [3.8, 4) is 0 Å². The molecule has 1 aromatic rings. The number of alkyl halides is 3. The third-order valence-electron chi connectivity index (χ3n) is 2.68. The quantitative estimate of drug-likeness (QED) is 0.781.